The third kappa shape index (κ3) is 3.24. The van der Waals surface area contributed by atoms with E-state index in [0.29, 0.717) is 24.2 Å². The normalized spacial score (nSPS) is 16.2. The lowest BCUT2D eigenvalue weighted by Gasteiger charge is -2.24. The summed E-state index contributed by atoms with van der Waals surface area (Å²) >= 11 is 0. The largest absolute Gasteiger partial charge is 0.349 e. The maximum Gasteiger partial charge on any atom is 0.264 e. The maximum atomic E-state index is 13.1. The molecule has 5 nitrogen and oxygen atoms in total. The Morgan fingerprint density at radius 1 is 1.27 bits per heavy atom. The summed E-state index contributed by atoms with van der Waals surface area (Å²) in [6, 6.07) is 11.8. The van der Waals surface area contributed by atoms with E-state index < -0.39 is 10.0 Å². The molecule has 1 N–H and O–H groups in total. The summed E-state index contributed by atoms with van der Waals surface area (Å²) in [7, 11) is -3.65. The number of rotatable bonds is 5. The smallest absolute Gasteiger partial charge is 0.264 e. The Hall–Kier alpha value is -2.60. The Bertz CT molecular complexity index is 950. The van der Waals surface area contributed by atoms with E-state index >= 15 is 0 Å². The third-order valence-corrected chi connectivity index (χ3v) is 6.42. The second kappa shape index (κ2) is 6.96. The number of amides is 1. The highest BCUT2D eigenvalue weighted by Crippen LogP contribution is 2.37. The first kappa shape index (κ1) is 18.2. The third-order valence-electron chi connectivity index (χ3n) is 4.48. The lowest BCUT2D eigenvalue weighted by molar-refractivity contribution is 0.0958. The van der Waals surface area contributed by atoms with E-state index in [0.717, 1.165) is 11.1 Å². The highest BCUT2D eigenvalue weighted by molar-refractivity contribution is 7.92. The molecule has 136 valence electrons. The number of benzene rings is 2. The molecule has 0 fully saturated rings. The minimum absolute atomic E-state index is 0.194. The minimum atomic E-state index is -3.65. The second-order valence-corrected chi connectivity index (χ2v) is 8.32. The van der Waals surface area contributed by atoms with E-state index in [-0.39, 0.29) is 16.8 Å². The highest BCUT2D eigenvalue weighted by atomic mass is 32.2. The van der Waals surface area contributed by atoms with E-state index in [1.54, 1.807) is 48.5 Å². The van der Waals surface area contributed by atoms with Gasteiger partial charge in [-0.25, -0.2) is 8.42 Å². The first-order valence-corrected chi connectivity index (χ1v) is 9.91. The van der Waals surface area contributed by atoms with Crippen molar-refractivity contribution in [3.8, 4) is 0 Å². The van der Waals surface area contributed by atoms with Crippen LogP contribution < -0.4 is 9.62 Å². The number of nitrogens with zero attached hydrogens (tertiary/aromatic N) is 1. The van der Waals surface area contributed by atoms with Gasteiger partial charge in [0, 0.05) is 18.2 Å². The van der Waals surface area contributed by atoms with Gasteiger partial charge in [0.25, 0.3) is 15.9 Å². The van der Waals surface area contributed by atoms with Crippen molar-refractivity contribution in [2.75, 3.05) is 10.8 Å². The van der Waals surface area contributed by atoms with Gasteiger partial charge in [-0.15, -0.1) is 6.58 Å². The van der Waals surface area contributed by atoms with Crippen molar-refractivity contribution in [3.63, 3.8) is 0 Å². The number of hydrogen-bond acceptors (Lipinski definition) is 3. The zero-order valence-corrected chi connectivity index (χ0v) is 15.7. The van der Waals surface area contributed by atoms with Gasteiger partial charge in [-0.2, -0.15) is 0 Å². The summed E-state index contributed by atoms with van der Waals surface area (Å²) in [5, 5.41) is 2.73. The van der Waals surface area contributed by atoms with Crippen LogP contribution in [0.4, 0.5) is 5.69 Å². The fourth-order valence-electron chi connectivity index (χ4n) is 3.20. The fourth-order valence-corrected chi connectivity index (χ4v) is 4.89. The Kier molecular flexibility index (Phi) is 4.87. The number of aryl methyl sites for hydroxylation is 1. The molecule has 6 heteroatoms. The molecule has 0 aromatic heterocycles. The molecule has 26 heavy (non-hydrogen) atoms. The summed E-state index contributed by atoms with van der Waals surface area (Å²) in [6.45, 7) is 7.76. The quantitative estimate of drug-likeness (QED) is 0.823. The SMILES string of the molecule is C=CCNC(=O)c1ccc2c(c1)C[C@@H](C)N2S(=O)(=O)c1ccc(C)cc1. The molecular weight excluding hydrogens is 348 g/mol. The molecule has 0 saturated heterocycles. The molecule has 0 aliphatic carbocycles. The van der Waals surface area contributed by atoms with Gasteiger partial charge in [0.2, 0.25) is 0 Å². The van der Waals surface area contributed by atoms with Crippen molar-refractivity contribution >= 4 is 21.6 Å². The lowest BCUT2D eigenvalue weighted by Crippen LogP contribution is -2.35. The molecule has 0 spiro atoms. The molecule has 2 aromatic rings. The van der Waals surface area contributed by atoms with Crippen LogP contribution in [-0.2, 0) is 16.4 Å². The van der Waals surface area contributed by atoms with Crippen LogP contribution in [0.2, 0.25) is 0 Å². The number of nitrogens with one attached hydrogen (secondary N) is 1. The molecule has 1 amide bonds. The van der Waals surface area contributed by atoms with Crippen molar-refractivity contribution in [2.24, 2.45) is 0 Å². The van der Waals surface area contributed by atoms with Gasteiger partial charge in [-0.05, 0) is 56.2 Å². The van der Waals surface area contributed by atoms with Crippen molar-refractivity contribution in [2.45, 2.75) is 31.2 Å². The molecule has 0 unspecified atom stereocenters. The first-order chi connectivity index (χ1) is 12.3. The number of carbonyl (C=O) groups is 1. The molecule has 1 aliphatic rings. The Balaban J connectivity index is 1.96. The molecular formula is C20H22N2O3S. The van der Waals surface area contributed by atoms with Crippen LogP contribution in [0.1, 0.15) is 28.4 Å². The number of fused-ring (bicyclic) bond motifs is 1. The zero-order valence-electron chi connectivity index (χ0n) is 14.9. The number of anilines is 1. The number of carbonyl (C=O) groups excluding carboxylic acids is 1. The maximum absolute atomic E-state index is 13.1. The number of hydrogen-bond donors (Lipinski definition) is 1. The summed E-state index contributed by atoms with van der Waals surface area (Å²) in [5.41, 5.74) is 3.03. The predicted octanol–water partition coefficient (Wildman–Crippen LogP) is 3.05. The molecule has 3 rings (SSSR count). The molecule has 0 bridgehead atoms. The van der Waals surface area contributed by atoms with Crippen molar-refractivity contribution in [1.29, 1.82) is 0 Å². The van der Waals surface area contributed by atoms with Crippen LogP contribution in [0.15, 0.2) is 60.0 Å². The zero-order chi connectivity index (χ0) is 18.9. The van der Waals surface area contributed by atoms with Crippen LogP contribution in [0.5, 0.6) is 0 Å². The molecule has 0 saturated carbocycles. The Morgan fingerprint density at radius 2 is 1.96 bits per heavy atom. The van der Waals surface area contributed by atoms with E-state index in [9.17, 15) is 13.2 Å². The molecule has 1 atom stereocenters. The average molecular weight is 370 g/mol. The summed E-state index contributed by atoms with van der Waals surface area (Å²) in [6.07, 6.45) is 2.19. The van der Waals surface area contributed by atoms with Gasteiger partial charge in [0.1, 0.15) is 0 Å². The van der Waals surface area contributed by atoms with E-state index in [1.165, 1.54) is 4.31 Å². The van der Waals surface area contributed by atoms with Crippen LogP contribution in [-0.4, -0.2) is 26.9 Å². The lowest BCUT2D eigenvalue weighted by atomic mass is 10.1. The minimum Gasteiger partial charge on any atom is -0.349 e. The first-order valence-electron chi connectivity index (χ1n) is 8.47. The highest BCUT2D eigenvalue weighted by Gasteiger charge is 2.36. The average Bonchev–Trinajstić information content (AvgIpc) is 2.95. The molecule has 2 aromatic carbocycles. The van der Waals surface area contributed by atoms with Gasteiger partial charge in [0.15, 0.2) is 0 Å². The van der Waals surface area contributed by atoms with E-state index in [2.05, 4.69) is 11.9 Å². The summed E-state index contributed by atoms with van der Waals surface area (Å²) < 4.78 is 27.7. The summed E-state index contributed by atoms with van der Waals surface area (Å²) in [5.74, 6) is -0.194. The van der Waals surface area contributed by atoms with Crippen molar-refractivity contribution in [3.05, 3.63) is 71.8 Å². The van der Waals surface area contributed by atoms with Crippen LogP contribution in [0.25, 0.3) is 0 Å². The van der Waals surface area contributed by atoms with Crippen molar-refractivity contribution < 1.29 is 13.2 Å². The molecule has 1 heterocycles. The van der Waals surface area contributed by atoms with Gasteiger partial charge in [-0.3, -0.25) is 9.10 Å². The van der Waals surface area contributed by atoms with Crippen LogP contribution >= 0.6 is 0 Å². The molecule has 0 radical (unpaired) electrons. The summed E-state index contributed by atoms with van der Waals surface area (Å²) in [4.78, 5) is 12.4. The fraction of sp³-hybridized carbons (Fsp3) is 0.250. The second-order valence-electron chi connectivity index (χ2n) is 6.51. The standard InChI is InChI=1S/C20H22N2O3S/c1-4-11-21-20(23)16-7-10-19-17(13-16)12-15(3)22(19)26(24,25)18-8-5-14(2)6-9-18/h4-10,13,15H,1,11-12H2,2-3H3,(H,21,23)/t15-/m1/s1. The monoisotopic (exact) mass is 370 g/mol. The Morgan fingerprint density at radius 3 is 2.62 bits per heavy atom. The Labute approximate surface area is 154 Å². The van der Waals surface area contributed by atoms with Crippen LogP contribution in [0, 0.1) is 6.92 Å². The molecule has 1 aliphatic heterocycles. The topological polar surface area (TPSA) is 66.5 Å². The van der Waals surface area contributed by atoms with E-state index in [4.69, 9.17) is 0 Å². The van der Waals surface area contributed by atoms with Crippen LogP contribution in [0.3, 0.4) is 0 Å². The van der Waals surface area contributed by atoms with Gasteiger partial charge in [-0.1, -0.05) is 23.8 Å². The van der Waals surface area contributed by atoms with Gasteiger partial charge < -0.3 is 5.32 Å². The van der Waals surface area contributed by atoms with E-state index in [1.807, 2.05) is 13.8 Å². The van der Waals surface area contributed by atoms with Gasteiger partial charge >= 0.3 is 0 Å². The predicted molar refractivity (Wildman–Crippen MR) is 103 cm³/mol. The van der Waals surface area contributed by atoms with Crippen molar-refractivity contribution in [1.82, 2.24) is 5.32 Å². The van der Waals surface area contributed by atoms with Gasteiger partial charge in [0.05, 0.1) is 10.6 Å². The number of sulfonamides is 1.